The SMILES string of the molecule is COc1ccccc1C(=O)CN1CCCCC1=O. The summed E-state index contributed by atoms with van der Waals surface area (Å²) in [7, 11) is 1.54. The Morgan fingerprint density at radius 1 is 1.33 bits per heavy atom. The lowest BCUT2D eigenvalue weighted by atomic mass is 10.1. The first-order valence-electron chi connectivity index (χ1n) is 6.16. The molecule has 0 radical (unpaired) electrons. The lowest BCUT2D eigenvalue weighted by Gasteiger charge is -2.26. The molecule has 0 bridgehead atoms. The first kappa shape index (κ1) is 12.6. The van der Waals surface area contributed by atoms with Gasteiger partial charge in [0, 0.05) is 13.0 Å². The first-order chi connectivity index (χ1) is 8.72. The number of carbonyl (C=O) groups excluding carboxylic acids is 2. The third kappa shape index (κ3) is 2.70. The van der Waals surface area contributed by atoms with Crippen molar-refractivity contribution in [1.82, 2.24) is 4.90 Å². The lowest BCUT2D eigenvalue weighted by Crippen LogP contribution is -2.39. The monoisotopic (exact) mass is 247 g/mol. The second-order valence-corrected chi connectivity index (χ2v) is 4.40. The summed E-state index contributed by atoms with van der Waals surface area (Å²) in [5.41, 5.74) is 0.540. The Labute approximate surface area is 107 Å². The second-order valence-electron chi connectivity index (χ2n) is 4.40. The molecule has 1 aromatic carbocycles. The fourth-order valence-electron chi connectivity index (χ4n) is 2.16. The number of ether oxygens (including phenoxy) is 1. The molecule has 96 valence electrons. The van der Waals surface area contributed by atoms with Gasteiger partial charge in [0.15, 0.2) is 5.78 Å². The number of para-hydroxylation sites is 1. The predicted octanol–water partition coefficient (Wildman–Crippen LogP) is 1.89. The van der Waals surface area contributed by atoms with E-state index in [1.165, 1.54) is 7.11 Å². The molecule has 1 aliphatic heterocycles. The number of hydrogen-bond acceptors (Lipinski definition) is 3. The Morgan fingerprint density at radius 3 is 2.83 bits per heavy atom. The summed E-state index contributed by atoms with van der Waals surface area (Å²) in [6.07, 6.45) is 2.46. The highest BCUT2D eigenvalue weighted by Crippen LogP contribution is 2.19. The molecule has 0 saturated carbocycles. The molecule has 4 nitrogen and oxygen atoms in total. The maximum absolute atomic E-state index is 12.2. The number of carbonyl (C=O) groups is 2. The fourth-order valence-corrected chi connectivity index (χ4v) is 2.16. The summed E-state index contributed by atoms with van der Waals surface area (Å²) in [6.45, 7) is 0.832. The summed E-state index contributed by atoms with van der Waals surface area (Å²) in [5.74, 6) is 0.569. The summed E-state index contributed by atoms with van der Waals surface area (Å²) in [4.78, 5) is 25.5. The summed E-state index contributed by atoms with van der Waals surface area (Å²) in [5, 5.41) is 0. The van der Waals surface area contributed by atoms with Crippen LogP contribution in [-0.2, 0) is 4.79 Å². The molecule has 0 atom stereocenters. The number of hydrogen-bond donors (Lipinski definition) is 0. The third-order valence-corrected chi connectivity index (χ3v) is 3.16. The Balaban J connectivity index is 2.09. The first-order valence-corrected chi connectivity index (χ1v) is 6.16. The molecular weight excluding hydrogens is 230 g/mol. The second kappa shape index (κ2) is 5.67. The zero-order chi connectivity index (χ0) is 13.0. The average Bonchev–Trinajstić information content (AvgIpc) is 2.41. The van der Waals surface area contributed by atoms with Crippen molar-refractivity contribution in [3.63, 3.8) is 0 Å². The molecule has 1 saturated heterocycles. The number of Topliss-reactive ketones (excluding diaryl/α,β-unsaturated/α-hetero) is 1. The van der Waals surface area contributed by atoms with Gasteiger partial charge in [0.25, 0.3) is 0 Å². The minimum absolute atomic E-state index is 0.0669. The van der Waals surface area contributed by atoms with Gasteiger partial charge in [-0.15, -0.1) is 0 Å². The van der Waals surface area contributed by atoms with Crippen LogP contribution in [0.4, 0.5) is 0 Å². The van der Waals surface area contributed by atoms with Gasteiger partial charge < -0.3 is 9.64 Å². The Hall–Kier alpha value is -1.84. The molecule has 1 amide bonds. The van der Waals surface area contributed by atoms with E-state index in [0.717, 1.165) is 12.8 Å². The van der Waals surface area contributed by atoms with E-state index < -0.39 is 0 Å². The maximum Gasteiger partial charge on any atom is 0.222 e. The number of likely N-dealkylation sites (tertiary alicyclic amines) is 1. The van der Waals surface area contributed by atoms with Crippen LogP contribution in [0, 0.1) is 0 Å². The molecule has 2 rings (SSSR count). The normalized spacial score (nSPS) is 15.6. The van der Waals surface area contributed by atoms with Crippen LogP contribution in [0.1, 0.15) is 29.6 Å². The van der Waals surface area contributed by atoms with Gasteiger partial charge in [-0.1, -0.05) is 12.1 Å². The van der Waals surface area contributed by atoms with Crippen LogP contribution >= 0.6 is 0 Å². The van der Waals surface area contributed by atoms with Crippen LogP contribution < -0.4 is 4.74 Å². The predicted molar refractivity (Wildman–Crippen MR) is 67.8 cm³/mol. The van der Waals surface area contributed by atoms with E-state index in [1.54, 1.807) is 23.1 Å². The standard InChI is InChI=1S/C14H17NO3/c1-18-13-7-3-2-6-11(13)12(16)10-15-9-5-4-8-14(15)17/h2-3,6-7H,4-5,8-10H2,1H3. The molecule has 1 heterocycles. The van der Waals surface area contributed by atoms with Crippen LogP contribution in [0.3, 0.4) is 0 Å². The number of nitrogens with zero attached hydrogens (tertiary/aromatic N) is 1. The fraction of sp³-hybridized carbons (Fsp3) is 0.429. The molecule has 4 heteroatoms. The molecule has 1 fully saturated rings. The molecular formula is C14H17NO3. The number of methoxy groups -OCH3 is 1. The highest BCUT2D eigenvalue weighted by Gasteiger charge is 2.22. The van der Waals surface area contributed by atoms with Gasteiger partial charge in [-0.3, -0.25) is 9.59 Å². The van der Waals surface area contributed by atoms with E-state index in [-0.39, 0.29) is 18.2 Å². The van der Waals surface area contributed by atoms with Crippen molar-refractivity contribution in [3.8, 4) is 5.75 Å². The minimum atomic E-state index is -0.0669. The van der Waals surface area contributed by atoms with Crippen molar-refractivity contribution in [2.45, 2.75) is 19.3 Å². The highest BCUT2D eigenvalue weighted by atomic mass is 16.5. The van der Waals surface area contributed by atoms with Crippen molar-refractivity contribution in [1.29, 1.82) is 0 Å². The Kier molecular flexibility index (Phi) is 3.97. The smallest absolute Gasteiger partial charge is 0.222 e. The maximum atomic E-state index is 12.2. The van der Waals surface area contributed by atoms with Crippen molar-refractivity contribution in [2.75, 3.05) is 20.2 Å². The minimum Gasteiger partial charge on any atom is -0.496 e. The quantitative estimate of drug-likeness (QED) is 0.763. The van der Waals surface area contributed by atoms with Gasteiger partial charge in [0.2, 0.25) is 5.91 Å². The molecule has 0 unspecified atom stereocenters. The van der Waals surface area contributed by atoms with Crippen LogP contribution in [0.25, 0.3) is 0 Å². The van der Waals surface area contributed by atoms with Gasteiger partial charge in [-0.2, -0.15) is 0 Å². The van der Waals surface area contributed by atoms with Crippen molar-refractivity contribution in [2.24, 2.45) is 0 Å². The van der Waals surface area contributed by atoms with Gasteiger partial charge in [0.05, 0.1) is 19.2 Å². The van der Waals surface area contributed by atoms with E-state index in [0.29, 0.717) is 24.3 Å². The summed E-state index contributed by atoms with van der Waals surface area (Å²) < 4.78 is 5.16. The average molecular weight is 247 g/mol. The molecule has 18 heavy (non-hydrogen) atoms. The number of benzene rings is 1. The number of ketones is 1. The zero-order valence-corrected chi connectivity index (χ0v) is 10.5. The van der Waals surface area contributed by atoms with Crippen LogP contribution in [0.2, 0.25) is 0 Å². The Bertz CT molecular complexity index is 456. The van der Waals surface area contributed by atoms with E-state index in [1.807, 2.05) is 6.07 Å². The highest BCUT2D eigenvalue weighted by molar-refractivity contribution is 6.01. The molecule has 0 spiro atoms. The number of piperidine rings is 1. The summed E-state index contributed by atoms with van der Waals surface area (Å²) in [6, 6.07) is 7.11. The lowest BCUT2D eigenvalue weighted by molar-refractivity contribution is -0.132. The van der Waals surface area contributed by atoms with Gasteiger partial charge in [-0.25, -0.2) is 0 Å². The van der Waals surface area contributed by atoms with Crippen LogP contribution in [0.5, 0.6) is 5.75 Å². The van der Waals surface area contributed by atoms with Crippen LogP contribution in [0.15, 0.2) is 24.3 Å². The molecule has 1 aromatic rings. The summed E-state index contributed by atoms with van der Waals surface area (Å²) >= 11 is 0. The molecule has 0 N–H and O–H groups in total. The molecule has 1 aliphatic rings. The number of amides is 1. The van der Waals surface area contributed by atoms with Gasteiger partial charge in [0.1, 0.15) is 5.75 Å². The topological polar surface area (TPSA) is 46.6 Å². The molecule has 0 aromatic heterocycles. The number of rotatable bonds is 4. The van der Waals surface area contributed by atoms with E-state index in [9.17, 15) is 9.59 Å². The molecule has 0 aliphatic carbocycles. The van der Waals surface area contributed by atoms with Gasteiger partial charge >= 0.3 is 0 Å². The van der Waals surface area contributed by atoms with E-state index in [2.05, 4.69) is 0 Å². The van der Waals surface area contributed by atoms with Gasteiger partial charge in [-0.05, 0) is 25.0 Å². The van der Waals surface area contributed by atoms with Crippen LogP contribution in [-0.4, -0.2) is 36.8 Å². The Morgan fingerprint density at radius 2 is 2.11 bits per heavy atom. The zero-order valence-electron chi connectivity index (χ0n) is 10.5. The van der Waals surface area contributed by atoms with Crippen molar-refractivity contribution >= 4 is 11.7 Å². The largest absolute Gasteiger partial charge is 0.496 e. The van der Waals surface area contributed by atoms with Crippen molar-refractivity contribution < 1.29 is 14.3 Å². The van der Waals surface area contributed by atoms with E-state index >= 15 is 0 Å². The van der Waals surface area contributed by atoms with E-state index in [4.69, 9.17) is 4.74 Å². The third-order valence-electron chi connectivity index (χ3n) is 3.16. The van der Waals surface area contributed by atoms with Crippen molar-refractivity contribution in [3.05, 3.63) is 29.8 Å².